The molecule has 88 valence electrons. The van der Waals surface area contributed by atoms with Gasteiger partial charge >= 0.3 is 0 Å². The lowest BCUT2D eigenvalue weighted by molar-refractivity contribution is 0.301. The fourth-order valence-electron chi connectivity index (χ4n) is 1.41. The zero-order valence-corrected chi connectivity index (χ0v) is 8.99. The van der Waals surface area contributed by atoms with Gasteiger partial charge in [0.25, 0.3) is 0 Å². The highest BCUT2D eigenvalue weighted by molar-refractivity contribution is 5.51. The van der Waals surface area contributed by atoms with Crippen LogP contribution < -0.4 is 10.5 Å². The van der Waals surface area contributed by atoms with E-state index in [-0.39, 0.29) is 12.2 Å². The second-order valence-electron chi connectivity index (χ2n) is 3.56. The molecule has 0 heterocycles. The molecule has 0 unspecified atom stereocenters. The molecule has 0 bridgehead atoms. The third kappa shape index (κ3) is 2.72. The van der Waals surface area contributed by atoms with Gasteiger partial charge in [-0.2, -0.15) is 0 Å². The first-order valence-corrected chi connectivity index (χ1v) is 5.08. The van der Waals surface area contributed by atoms with Gasteiger partial charge in [0.05, 0.1) is 5.69 Å². The Balaban J connectivity index is 2.10. The molecule has 0 saturated carbocycles. The molecule has 0 aliphatic heterocycles. The number of rotatable bonds is 3. The number of nitrogens with two attached hydrogens (primary N) is 1. The van der Waals surface area contributed by atoms with Crippen LogP contribution in [0, 0.1) is 11.6 Å². The van der Waals surface area contributed by atoms with E-state index in [9.17, 15) is 8.78 Å². The van der Waals surface area contributed by atoms with Crippen molar-refractivity contribution in [3.63, 3.8) is 0 Å². The Morgan fingerprint density at radius 3 is 2.53 bits per heavy atom. The fraction of sp³-hybridized carbons (Fsp3) is 0.0769. The molecule has 2 nitrogen and oxygen atoms in total. The Morgan fingerprint density at radius 2 is 1.82 bits per heavy atom. The number of halogens is 2. The van der Waals surface area contributed by atoms with Crippen LogP contribution in [0.5, 0.6) is 5.75 Å². The van der Waals surface area contributed by atoms with E-state index >= 15 is 0 Å². The van der Waals surface area contributed by atoms with Crippen molar-refractivity contribution in [2.45, 2.75) is 6.61 Å². The Bertz CT molecular complexity index is 529. The van der Waals surface area contributed by atoms with Crippen LogP contribution >= 0.6 is 0 Å². The number of para-hydroxylation sites is 2. The van der Waals surface area contributed by atoms with E-state index in [1.54, 1.807) is 24.3 Å². The highest BCUT2D eigenvalue weighted by Crippen LogP contribution is 2.21. The van der Waals surface area contributed by atoms with E-state index in [0.717, 1.165) is 6.07 Å². The van der Waals surface area contributed by atoms with Gasteiger partial charge in [-0.25, -0.2) is 8.78 Å². The van der Waals surface area contributed by atoms with Crippen molar-refractivity contribution in [2.24, 2.45) is 0 Å². The Morgan fingerprint density at radius 1 is 1.06 bits per heavy atom. The SMILES string of the molecule is Nc1ccccc1OCc1ccc(F)cc1F. The van der Waals surface area contributed by atoms with Crippen LogP contribution in [0.25, 0.3) is 0 Å². The van der Waals surface area contributed by atoms with E-state index in [1.807, 2.05) is 0 Å². The van der Waals surface area contributed by atoms with Crippen LogP contribution in [-0.2, 0) is 6.61 Å². The maximum Gasteiger partial charge on any atom is 0.142 e. The highest BCUT2D eigenvalue weighted by atomic mass is 19.1. The lowest BCUT2D eigenvalue weighted by Crippen LogP contribution is -2.01. The van der Waals surface area contributed by atoms with E-state index in [1.165, 1.54) is 12.1 Å². The van der Waals surface area contributed by atoms with Gasteiger partial charge in [0.1, 0.15) is 24.0 Å². The molecule has 0 aliphatic rings. The van der Waals surface area contributed by atoms with Crippen LogP contribution in [0.1, 0.15) is 5.56 Å². The Kier molecular flexibility index (Phi) is 3.23. The molecule has 2 N–H and O–H groups in total. The van der Waals surface area contributed by atoms with Gasteiger partial charge in [-0.1, -0.05) is 12.1 Å². The van der Waals surface area contributed by atoms with Gasteiger partial charge < -0.3 is 10.5 Å². The lowest BCUT2D eigenvalue weighted by Gasteiger charge is -2.09. The van der Waals surface area contributed by atoms with Gasteiger partial charge in [-0.15, -0.1) is 0 Å². The summed E-state index contributed by atoms with van der Waals surface area (Å²) in [4.78, 5) is 0. The van der Waals surface area contributed by atoms with E-state index in [4.69, 9.17) is 10.5 Å². The Hall–Kier alpha value is -2.10. The predicted octanol–water partition coefficient (Wildman–Crippen LogP) is 3.13. The third-order valence-corrected chi connectivity index (χ3v) is 2.32. The summed E-state index contributed by atoms with van der Waals surface area (Å²) in [6.45, 7) is 0.0142. The molecule has 2 aromatic carbocycles. The predicted molar refractivity (Wildman–Crippen MR) is 61.5 cm³/mol. The van der Waals surface area contributed by atoms with Crippen LogP contribution in [-0.4, -0.2) is 0 Å². The van der Waals surface area contributed by atoms with Gasteiger partial charge in [-0.3, -0.25) is 0 Å². The van der Waals surface area contributed by atoms with Gasteiger partial charge in [-0.05, 0) is 24.3 Å². The molecule has 17 heavy (non-hydrogen) atoms. The largest absolute Gasteiger partial charge is 0.487 e. The molecule has 0 saturated heterocycles. The summed E-state index contributed by atoms with van der Waals surface area (Å²) in [6, 6.07) is 10.3. The number of nitrogen functional groups attached to an aromatic ring is 1. The zero-order chi connectivity index (χ0) is 12.3. The first kappa shape index (κ1) is 11.4. The fourth-order valence-corrected chi connectivity index (χ4v) is 1.41. The molecular formula is C13H11F2NO. The minimum Gasteiger partial charge on any atom is -0.487 e. The molecule has 0 radical (unpaired) electrons. The van der Waals surface area contributed by atoms with Gasteiger partial charge in [0, 0.05) is 11.6 Å². The molecule has 2 aromatic rings. The number of ether oxygens (including phenoxy) is 1. The number of anilines is 1. The summed E-state index contributed by atoms with van der Waals surface area (Å²) in [5, 5.41) is 0. The minimum atomic E-state index is -0.625. The Labute approximate surface area is 97.6 Å². The topological polar surface area (TPSA) is 35.2 Å². The average molecular weight is 235 g/mol. The smallest absolute Gasteiger partial charge is 0.142 e. The van der Waals surface area contributed by atoms with Crippen molar-refractivity contribution < 1.29 is 13.5 Å². The summed E-state index contributed by atoms with van der Waals surface area (Å²) in [5.74, 6) is -0.749. The van der Waals surface area contributed by atoms with Crippen molar-refractivity contribution in [3.8, 4) is 5.75 Å². The van der Waals surface area contributed by atoms with Crippen LogP contribution in [0.3, 0.4) is 0 Å². The zero-order valence-electron chi connectivity index (χ0n) is 8.99. The molecule has 0 aliphatic carbocycles. The summed E-state index contributed by atoms with van der Waals surface area (Å²) in [6.07, 6.45) is 0. The standard InChI is InChI=1S/C13H11F2NO/c14-10-6-5-9(11(15)7-10)8-17-13-4-2-1-3-12(13)16/h1-7H,8,16H2. The molecule has 0 aromatic heterocycles. The molecular weight excluding hydrogens is 224 g/mol. The summed E-state index contributed by atoms with van der Waals surface area (Å²) in [5.41, 5.74) is 6.44. The maximum absolute atomic E-state index is 13.3. The van der Waals surface area contributed by atoms with E-state index < -0.39 is 11.6 Å². The van der Waals surface area contributed by atoms with E-state index in [0.29, 0.717) is 11.4 Å². The summed E-state index contributed by atoms with van der Waals surface area (Å²) < 4.78 is 31.3. The van der Waals surface area contributed by atoms with Crippen LogP contribution in [0.15, 0.2) is 42.5 Å². The number of hydrogen-bond acceptors (Lipinski definition) is 2. The summed E-state index contributed by atoms with van der Waals surface area (Å²) >= 11 is 0. The number of hydrogen-bond donors (Lipinski definition) is 1. The average Bonchev–Trinajstić information content (AvgIpc) is 2.30. The van der Waals surface area contributed by atoms with Gasteiger partial charge in [0.2, 0.25) is 0 Å². The molecule has 0 amide bonds. The monoisotopic (exact) mass is 235 g/mol. The van der Waals surface area contributed by atoms with Crippen LogP contribution in [0.4, 0.5) is 14.5 Å². The quantitative estimate of drug-likeness (QED) is 0.829. The normalized spacial score (nSPS) is 10.2. The van der Waals surface area contributed by atoms with E-state index in [2.05, 4.69) is 0 Å². The lowest BCUT2D eigenvalue weighted by atomic mass is 10.2. The molecule has 2 rings (SSSR count). The van der Waals surface area contributed by atoms with Crippen molar-refractivity contribution in [2.75, 3.05) is 5.73 Å². The second-order valence-corrected chi connectivity index (χ2v) is 3.56. The highest BCUT2D eigenvalue weighted by Gasteiger charge is 2.05. The molecule has 0 atom stereocenters. The first-order valence-electron chi connectivity index (χ1n) is 5.08. The van der Waals surface area contributed by atoms with Crippen molar-refractivity contribution in [3.05, 3.63) is 59.7 Å². The summed E-state index contributed by atoms with van der Waals surface area (Å²) in [7, 11) is 0. The minimum absolute atomic E-state index is 0.0142. The first-order chi connectivity index (χ1) is 8.16. The second kappa shape index (κ2) is 4.82. The maximum atomic E-state index is 13.3. The van der Waals surface area contributed by atoms with Crippen molar-refractivity contribution in [1.82, 2.24) is 0 Å². The van der Waals surface area contributed by atoms with Crippen molar-refractivity contribution >= 4 is 5.69 Å². The molecule has 4 heteroatoms. The third-order valence-electron chi connectivity index (χ3n) is 2.32. The van der Waals surface area contributed by atoms with Crippen molar-refractivity contribution in [1.29, 1.82) is 0 Å². The number of benzene rings is 2. The molecule has 0 spiro atoms. The van der Waals surface area contributed by atoms with Crippen LogP contribution in [0.2, 0.25) is 0 Å². The molecule has 0 fully saturated rings. The van der Waals surface area contributed by atoms with Gasteiger partial charge in [0.15, 0.2) is 0 Å².